The van der Waals surface area contributed by atoms with E-state index in [1.54, 1.807) is 12.3 Å². The number of hydrogen-bond donors (Lipinski definition) is 3. The molecule has 11 nitrogen and oxygen atoms in total. The van der Waals surface area contributed by atoms with Gasteiger partial charge in [-0.1, -0.05) is 6.07 Å². The number of sulfonamides is 1. The van der Waals surface area contributed by atoms with Crippen molar-refractivity contribution in [3.63, 3.8) is 0 Å². The van der Waals surface area contributed by atoms with Gasteiger partial charge in [0.25, 0.3) is 0 Å². The lowest BCUT2D eigenvalue weighted by Crippen LogP contribution is -2.43. The molecule has 2 saturated carbocycles. The quantitative estimate of drug-likeness (QED) is 0.369. The van der Waals surface area contributed by atoms with Crippen molar-refractivity contribution in [3.8, 4) is 0 Å². The first-order valence-corrected chi connectivity index (χ1v) is 15.7. The fourth-order valence-electron chi connectivity index (χ4n) is 4.63. The van der Waals surface area contributed by atoms with Crippen LogP contribution in [0.2, 0.25) is 0 Å². The molecule has 0 saturated heterocycles. The van der Waals surface area contributed by atoms with E-state index in [2.05, 4.69) is 30.2 Å². The molecular formula is C24H31N7O4S2. The van der Waals surface area contributed by atoms with Gasteiger partial charge in [-0.2, -0.15) is 10.1 Å². The van der Waals surface area contributed by atoms with Crippen LogP contribution in [0.4, 0.5) is 17.6 Å². The Kier molecular flexibility index (Phi) is 6.94. The van der Waals surface area contributed by atoms with Crippen LogP contribution in [0.1, 0.15) is 50.1 Å². The van der Waals surface area contributed by atoms with Gasteiger partial charge >= 0.3 is 0 Å². The third-order valence-electron chi connectivity index (χ3n) is 6.94. The molecule has 37 heavy (non-hydrogen) atoms. The Hall–Kier alpha value is -3.03. The normalized spacial score (nSPS) is 20.5. The smallest absolute Gasteiger partial charge is 0.240 e. The zero-order valence-corrected chi connectivity index (χ0v) is 22.4. The summed E-state index contributed by atoms with van der Waals surface area (Å²) in [6.07, 6.45) is 7.98. The highest BCUT2D eigenvalue weighted by molar-refractivity contribution is 7.91. The van der Waals surface area contributed by atoms with Crippen LogP contribution in [-0.4, -0.2) is 62.4 Å². The highest BCUT2D eigenvalue weighted by Crippen LogP contribution is 2.39. The second kappa shape index (κ2) is 10.0. The van der Waals surface area contributed by atoms with Gasteiger partial charge in [-0.3, -0.25) is 5.10 Å². The van der Waals surface area contributed by atoms with Gasteiger partial charge in [-0.15, -0.1) is 0 Å². The van der Waals surface area contributed by atoms with Crippen LogP contribution in [0.3, 0.4) is 0 Å². The molecule has 2 heterocycles. The van der Waals surface area contributed by atoms with Gasteiger partial charge in [0.1, 0.15) is 5.82 Å². The summed E-state index contributed by atoms with van der Waals surface area (Å²) in [5.41, 5.74) is 1.14. The Bertz CT molecular complexity index is 1480. The highest BCUT2D eigenvalue weighted by atomic mass is 32.2. The monoisotopic (exact) mass is 545 g/mol. The summed E-state index contributed by atoms with van der Waals surface area (Å²) in [6.45, 7) is 0. The van der Waals surface area contributed by atoms with Crippen LogP contribution in [0, 0.1) is 0 Å². The van der Waals surface area contributed by atoms with Gasteiger partial charge in [0.15, 0.2) is 15.7 Å². The first kappa shape index (κ1) is 25.6. The number of anilines is 3. The molecule has 0 atom stereocenters. The molecule has 13 heteroatoms. The molecule has 2 fully saturated rings. The lowest BCUT2D eigenvalue weighted by atomic mass is 9.91. The standard InChI is InChI=1S/C24H31N7O4S2/c1-31(24-25-13-12-22(27-24)26-23-15-21(28-29-23)16-6-7-16)18-10-8-17(9-11-18)30-37(34,35)20-5-3-4-19(14-20)36(2,32)33/h3-5,12-18,30H,6-11H2,1-2H3,(H2,25,26,27,28,29)/t17-,18-. The molecule has 2 aromatic heterocycles. The Morgan fingerprint density at radius 2 is 1.68 bits per heavy atom. The second-order valence-corrected chi connectivity index (χ2v) is 13.6. The van der Waals surface area contributed by atoms with E-state index in [4.69, 9.17) is 0 Å². The van der Waals surface area contributed by atoms with E-state index in [9.17, 15) is 16.8 Å². The maximum absolute atomic E-state index is 12.9. The number of nitrogens with one attached hydrogen (secondary N) is 3. The van der Waals surface area contributed by atoms with Crippen LogP contribution < -0.4 is 14.9 Å². The third kappa shape index (κ3) is 6.11. The zero-order valence-electron chi connectivity index (χ0n) is 20.8. The molecule has 5 rings (SSSR count). The SMILES string of the molecule is CN(c1nccc(Nc2cc(C3CC3)[nH]n2)n1)[C@H]1CC[C@H](NS(=O)(=O)c2cccc(S(C)(=O)=O)c2)CC1. The first-order valence-electron chi connectivity index (χ1n) is 12.3. The average Bonchev–Trinajstić information content (AvgIpc) is 3.62. The minimum Gasteiger partial charge on any atom is -0.341 e. The van der Waals surface area contributed by atoms with Gasteiger partial charge in [0.2, 0.25) is 16.0 Å². The first-order chi connectivity index (χ1) is 17.6. The number of aromatic amines is 1. The molecule has 3 aromatic rings. The molecule has 3 N–H and O–H groups in total. The third-order valence-corrected chi connectivity index (χ3v) is 9.57. The highest BCUT2D eigenvalue weighted by Gasteiger charge is 2.29. The Balaban J connectivity index is 1.18. The molecule has 0 bridgehead atoms. The van der Waals surface area contributed by atoms with Gasteiger partial charge < -0.3 is 10.2 Å². The summed E-state index contributed by atoms with van der Waals surface area (Å²) in [5.74, 6) is 2.56. The van der Waals surface area contributed by atoms with E-state index < -0.39 is 19.9 Å². The summed E-state index contributed by atoms with van der Waals surface area (Å²) < 4.78 is 52.2. The van der Waals surface area contributed by atoms with Gasteiger partial charge in [0.05, 0.1) is 9.79 Å². The predicted molar refractivity (Wildman–Crippen MR) is 140 cm³/mol. The largest absolute Gasteiger partial charge is 0.341 e. The van der Waals surface area contributed by atoms with Crippen molar-refractivity contribution in [2.24, 2.45) is 0 Å². The number of rotatable bonds is 9. The number of H-pyrrole nitrogens is 1. The summed E-state index contributed by atoms with van der Waals surface area (Å²) >= 11 is 0. The van der Waals surface area contributed by atoms with Gasteiger partial charge in [0, 0.05) is 49.3 Å². The minimum atomic E-state index is -3.84. The Labute approximate surface area is 217 Å². The lowest BCUT2D eigenvalue weighted by Gasteiger charge is -2.34. The predicted octanol–water partition coefficient (Wildman–Crippen LogP) is 2.95. The van der Waals surface area contributed by atoms with Crippen molar-refractivity contribution in [3.05, 3.63) is 48.3 Å². The van der Waals surface area contributed by atoms with Gasteiger partial charge in [-0.05, 0) is 62.8 Å². The van der Waals surface area contributed by atoms with Crippen molar-refractivity contribution >= 4 is 37.4 Å². The van der Waals surface area contributed by atoms with E-state index in [1.807, 2.05) is 18.0 Å². The van der Waals surface area contributed by atoms with Crippen LogP contribution in [-0.2, 0) is 19.9 Å². The van der Waals surface area contributed by atoms with Crippen LogP contribution >= 0.6 is 0 Å². The fraction of sp³-hybridized carbons (Fsp3) is 0.458. The van der Waals surface area contributed by atoms with Crippen molar-refractivity contribution in [1.82, 2.24) is 24.9 Å². The second-order valence-electron chi connectivity index (χ2n) is 9.83. The van der Waals surface area contributed by atoms with E-state index >= 15 is 0 Å². The van der Waals surface area contributed by atoms with E-state index in [1.165, 1.54) is 37.1 Å². The maximum atomic E-state index is 12.9. The Morgan fingerprint density at radius 3 is 2.38 bits per heavy atom. The molecular weight excluding hydrogens is 514 g/mol. The summed E-state index contributed by atoms with van der Waals surface area (Å²) in [5, 5.41) is 10.6. The topological polar surface area (TPSA) is 150 Å². The molecule has 0 aliphatic heterocycles. The van der Waals surface area contributed by atoms with Crippen molar-refractivity contribution < 1.29 is 16.8 Å². The molecule has 0 amide bonds. The van der Waals surface area contributed by atoms with E-state index in [-0.39, 0.29) is 21.9 Å². The maximum Gasteiger partial charge on any atom is 0.240 e. The summed E-state index contributed by atoms with van der Waals surface area (Å²) in [7, 11) is -5.39. The van der Waals surface area contributed by atoms with E-state index in [0.717, 1.165) is 30.6 Å². The molecule has 2 aliphatic carbocycles. The number of nitrogens with zero attached hydrogens (tertiary/aromatic N) is 4. The number of hydrogen-bond acceptors (Lipinski definition) is 9. The van der Waals surface area contributed by atoms with E-state index in [0.29, 0.717) is 30.5 Å². The minimum absolute atomic E-state index is 0.0203. The molecule has 0 radical (unpaired) electrons. The number of benzene rings is 1. The number of sulfone groups is 1. The van der Waals surface area contributed by atoms with Crippen LogP contribution in [0.15, 0.2) is 52.4 Å². The Morgan fingerprint density at radius 1 is 0.946 bits per heavy atom. The van der Waals surface area contributed by atoms with Crippen LogP contribution in [0.25, 0.3) is 0 Å². The van der Waals surface area contributed by atoms with Crippen molar-refractivity contribution in [2.45, 2.75) is 66.3 Å². The van der Waals surface area contributed by atoms with Crippen molar-refractivity contribution in [2.75, 3.05) is 23.5 Å². The van der Waals surface area contributed by atoms with Crippen molar-refractivity contribution in [1.29, 1.82) is 0 Å². The fourth-order valence-corrected chi connectivity index (χ4v) is 6.72. The molecule has 0 spiro atoms. The number of aromatic nitrogens is 4. The van der Waals surface area contributed by atoms with Crippen LogP contribution in [0.5, 0.6) is 0 Å². The van der Waals surface area contributed by atoms with Gasteiger partial charge in [-0.25, -0.2) is 26.5 Å². The average molecular weight is 546 g/mol. The molecule has 198 valence electrons. The molecule has 0 unspecified atom stereocenters. The molecule has 2 aliphatic rings. The lowest BCUT2D eigenvalue weighted by molar-refractivity contribution is 0.363. The summed E-state index contributed by atoms with van der Waals surface area (Å²) in [6, 6.07) is 9.19. The summed E-state index contributed by atoms with van der Waals surface area (Å²) in [4.78, 5) is 11.0. The molecule has 1 aromatic carbocycles. The zero-order chi connectivity index (χ0) is 26.2.